The van der Waals surface area contributed by atoms with Crippen LogP contribution in [0.25, 0.3) is 66.3 Å². The molecule has 12 aromatic rings. The lowest BCUT2D eigenvalue weighted by atomic mass is 9.67. The lowest BCUT2D eigenvalue weighted by Gasteiger charge is -2.35. The SMILES string of the molecule is c1ccc(-c2ccc(N(c3ccc4c(c3)C(c3ccccc3)(c3ccccc3)c3ccccc3-4)c3ccc4c(c3)c3c5ccn(-c6ccccc6)c5ccc3n4-c3ccccc3)cc2)cc1. The summed E-state index contributed by atoms with van der Waals surface area (Å²) in [6.07, 6.45) is 2.21. The van der Waals surface area contributed by atoms with Crippen molar-refractivity contribution < 1.29 is 0 Å². The Hall–Kier alpha value is -8.66. The molecule has 310 valence electrons. The third-order valence-electron chi connectivity index (χ3n) is 13.8. The van der Waals surface area contributed by atoms with Crippen LogP contribution in [0.5, 0.6) is 0 Å². The first-order chi connectivity index (χ1) is 32.8. The number of hydrogen-bond acceptors (Lipinski definition) is 1. The van der Waals surface area contributed by atoms with Crippen molar-refractivity contribution in [2.75, 3.05) is 4.90 Å². The van der Waals surface area contributed by atoms with E-state index in [1.807, 2.05) is 0 Å². The highest BCUT2D eigenvalue weighted by molar-refractivity contribution is 6.22. The number of aromatic nitrogens is 2. The van der Waals surface area contributed by atoms with Gasteiger partial charge >= 0.3 is 0 Å². The molecule has 2 aromatic heterocycles. The summed E-state index contributed by atoms with van der Waals surface area (Å²) in [6, 6.07) is 93.4. The van der Waals surface area contributed by atoms with Crippen LogP contribution in [-0.2, 0) is 5.41 Å². The Labute approximate surface area is 384 Å². The van der Waals surface area contributed by atoms with Gasteiger partial charge in [-0.1, -0.05) is 170 Å². The summed E-state index contributed by atoms with van der Waals surface area (Å²) in [7, 11) is 0. The van der Waals surface area contributed by atoms with Crippen molar-refractivity contribution in [3.8, 4) is 33.6 Å². The van der Waals surface area contributed by atoms with E-state index in [9.17, 15) is 0 Å². The second kappa shape index (κ2) is 15.3. The van der Waals surface area contributed by atoms with Crippen molar-refractivity contribution in [3.63, 3.8) is 0 Å². The number of nitrogens with zero attached hydrogens (tertiary/aromatic N) is 3. The van der Waals surface area contributed by atoms with Gasteiger partial charge in [-0.25, -0.2) is 0 Å². The molecule has 0 N–H and O–H groups in total. The molecule has 13 rings (SSSR count). The molecule has 0 saturated heterocycles. The van der Waals surface area contributed by atoms with E-state index in [-0.39, 0.29) is 0 Å². The maximum Gasteiger partial charge on any atom is 0.0714 e. The fourth-order valence-electron chi connectivity index (χ4n) is 11.0. The highest BCUT2D eigenvalue weighted by atomic mass is 15.1. The van der Waals surface area contributed by atoms with E-state index < -0.39 is 5.41 Å². The van der Waals surface area contributed by atoms with Crippen molar-refractivity contribution in [2.45, 2.75) is 5.41 Å². The Kier molecular flexibility index (Phi) is 8.75. The molecule has 1 aliphatic carbocycles. The zero-order chi connectivity index (χ0) is 43.6. The Morgan fingerprint density at radius 3 is 1.55 bits per heavy atom. The van der Waals surface area contributed by atoms with Crippen molar-refractivity contribution in [3.05, 3.63) is 283 Å². The highest BCUT2D eigenvalue weighted by Gasteiger charge is 2.46. The number of para-hydroxylation sites is 2. The second-order valence-corrected chi connectivity index (χ2v) is 17.3. The third kappa shape index (κ3) is 5.77. The molecule has 0 unspecified atom stereocenters. The van der Waals surface area contributed by atoms with Gasteiger partial charge in [0.2, 0.25) is 0 Å². The first-order valence-electron chi connectivity index (χ1n) is 22.8. The summed E-state index contributed by atoms with van der Waals surface area (Å²) < 4.78 is 4.73. The van der Waals surface area contributed by atoms with Crippen LogP contribution in [0.4, 0.5) is 17.1 Å². The van der Waals surface area contributed by atoms with Gasteiger partial charge < -0.3 is 14.0 Å². The van der Waals surface area contributed by atoms with Crippen LogP contribution < -0.4 is 4.90 Å². The fourth-order valence-corrected chi connectivity index (χ4v) is 11.0. The second-order valence-electron chi connectivity index (χ2n) is 17.3. The smallest absolute Gasteiger partial charge is 0.0714 e. The van der Waals surface area contributed by atoms with Gasteiger partial charge in [-0.2, -0.15) is 0 Å². The Morgan fingerprint density at radius 1 is 0.333 bits per heavy atom. The topological polar surface area (TPSA) is 13.1 Å². The van der Waals surface area contributed by atoms with Crippen molar-refractivity contribution in [1.82, 2.24) is 9.13 Å². The molecule has 0 aliphatic heterocycles. The molecule has 2 heterocycles. The van der Waals surface area contributed by atoms with Gasteiger partial charge in [0, 0.05) is 50.8 Å². The first-order valence-corrected chi connectivity index (χ1v) is 22.8. The van der Waals surface area contributed by atoms with Gasteiger partial charge in [-0.15, -0.1) is 0 Å². The van der Waals surface area contributed by atoms with E-state index >= 15 is 0 Å². The molecule has 0 saturated carbocycles. The summed E-state index contributed by atoms with van der Waals surface area (Å²) in [4.78, 5) is 2.46. The zero-order valence-electron chi connectivity index (χ0n) is 36.2. The third-order valence-corrected chi connectivity index (χ3v) is 13.8. The van der Waals surface area contributed by atoms with Crippen LogP contribution in [0.3, 0.4) is 0 Å². The van der Waals surface area contributed by atoms with Crippen molar-refractivity contribution in [1.29, 1.82) is 0 Å². The lowest BCUT2D eigenvalue weighted by Crippen LogP contribution is -2.28. The molecule has 0 spiro atoms. The van der Waals surface area contributed by atoms with Crippen LogP contribution >= 0.6 is 0 Å². The van der Waals surface area contributed by atoms with Crippen molar-refractivity contribution in [2.24, 2.45) is 0 Å². The fraction of sp³-hybridized carbons (Fsp3) is 0.0159. The Balaban J connectivity index is 1.08. The molecule has 0 fully saturated rings. The van der Waals surface area contributed by atoms with Gasteiger partial charge in [0.1, 0.15) is 0 Å². The first kappa shape index (κ1) is 37.9. The summed E-state index contributed by atoms with van der Waals surface area (Å²) in [5.41, 5.74) is 18.5. The molecular formula is C63H43N3. The van der Waals surface area contributed by atoms with E-state index in [4.69, 9.17) is 0 Å². The molecule has 0 radical (unpaired) electrons. The number of anilines is 3. The summed E-state index contributed by atoms with van der Waals surface area (Å²) in [5.74, 6) is 0. The number of benzene rings is 10. The van der Waals surface area contributed by atoms with Crippen LogP contribution in [0.2, 0.25) is 0 Å². The van der Waals surface area contributed by atoms with Gasteiger partial charge in [0.25, 0.3) is 0 Å². The van der Waals surface area contributed by atoms with E-state index in [0.717, 1.165) is 34.0 Å². The minimum Gasteiger partial charge on any atom is -0.317 e. The Bertz CT molecular complexity index is 3680. The number of fused-ring (bicyclic) bond motifs is 8. The minimum atomic E-state index is -0.530. The molecule has 3 heteroatoms. The van der Waals surface area contributed by atoms with Crippen LogP contribution in [0.15, 0.2) is 261 Å². The predicted molar refractivity (Wildman–Crippen MR) is 275 cm³/mol. The van der Waals surface area contributed by atoms with Crippen LogP contribution in [0.1, 0.15) is 22.3 Å². The Morgan fingerprint density at radius 2 is 0.848 bits per heavy atom. The molecule has 3 nitrogen and oxygen atoms in total. The molecule has 10 aromatic carbocycles. The average molecular weight is 842 g/mol. The summed E-state index contributed by atoms with van der Waals surface area (Å²) in [5, 5.41) is 3.65. The molecule has 0 atom stereocenters. The van der Waals surface area contributed by atoms with E-state index in [2.05, 4.69) is 275 Å². The summed E-state index contributed by atoms with van der Waals surface area (Å²) in [6.45, 7) is 0. The molecule has 0 bridgehead atoms. The van der Waals surface area contributed by atoms with Gasteiger partial charge in [0.05, 0.1) is 22.0 Å². The van der Waals surface area contributed by atoms with Crippen LogP contribution in [0, 0.1) is 0 Å². The number of rotatable bonds is 8. The normalized spacial score (nSPS) is 12.7. The quantitative estimate of drug-likeness (QED) is 0.149. The molecule has 1 aliphatic rings. The standard InChI is InChI=1S/C63H43N3/c1-6-18-44(19-7-1)45-30-32-50(33-31-45)65(52-34-36-54-53-28-16-17-29-57(53)63(58(54)43-52,46-20-8-2-9-21-46)47-22-10-3-11-23-47)51-35-37-60-56(42-51)62-55-40-41-64(48-24-12-4-13-25-48)59(55)38-39-61(62)66(60)49-26-14-5-15-27-49/h1-43H. The van der Waals surface area contributed by atoms with Gasteiger partial charge in [0.15, 0.2) is 0 Å². The van der Waals surface area contributed by atoms with Crippen LogP contribution in [-0.4, -0.2) is 9.13 Å². The lowest BCUT2D eigenvalue weighted by molar-refractivity contribution is 0.768. The monoisotopic (exact) mass is 841 g/mol. The minimum absolute atomic E-state index is 0.530. The van der Waals surface area contributed by atoms with Gasteiger partial charge in [-0.3, -0.25) is 0 Å². The molecule has 66 heavy (non-hydrogen) atoms. The molecular weight excluding hydrogens is 799 g/mol. The van der Waals surface area contributed by atoms with Gasteiger partial charge in [-0.05, 0) is 129 Å². The average Bonchev–Trinajstić information content (AvgIpc) is 4.07. The largest absolute Gasteiger partial charge is 0.317 e. The predicted octanol–water partition coefficient (Wildman–Crippen LogP) is 16.2. The maximum absolute atomic E-state index is 2.47. The summed E-state index contributed by atoms with van der Waals surface area (Å²) >= 11 is 0. The van der Waals surface area contributed by atoms with E-state index in [1.54, 1.807) is 0 Å². The maximum atomic E-state index is 2.47. The van der Waals surface area contributed by atoms with E-state index in [1.165, 1.54) is 71.7 Å². The van der Waals surface area contributed by atoms with E-state index in [0.29, 0.717) is 0 Å². The zero-order valence-corrected chi connectivity index (χ0v) is 36.2. The highest BCUT2D eigenvalue weighted by Crippen LogP contribution is 2.57. The molecule has 0 amide bonds. The van der Waals surface area contributed by atoms with Crippen molar-refractivity contribution >= 4 is 49.8 Å². The number of hydrogen-bond donors (Lipinski definition) is 0.